The van der Waals surface area contributed by atoms with Crippen molar-refractivity contribution in [2.45, 2.75) is 83.8 Å². The molecule has 0 spiro atoms. The molecule has 194 valence electrons. The van der Waals surface area contributed by atoms with Crippen LogP contribution in [-0.2, 0) is 20.6 Å². The van der Waals surface area contributed by atoms with E-state index >= 15 is 0 Å². The van der Waals surface area contributed by atoms with Crippen molar-refractivity contribution in [2.75, 3.05) is 58.4 Å². The maximum absolute atomic E-state index is 10.6. The first-order chi connectivity index (χ1) is 15.4. The summed E-state index contributed by atoms with van der Waals surface area (Å²) in [5.74, 6) is 0.720. The minimum Gasteiger partial charge on any atom is -0.389 e. The molecule has 0 aromatic heterocycles. The van der Waals surface area contributed by atoms with E-state index in [1.165, 1.54) is 19.3 Å². The molecular formula is C23H50N2O6S. The van der Waals surface area contributed by atoms with Gasteiger partial charge in [-0.05, 0) is 44.7 Å². The number of unbranched alkanes of at least 4 members (excludes halogenated alkanes) is 4. The third-order valence-corrected chi connectivity index (χ3v) is 6.13. The monoisotopic (exact) mass is 482 g/mol. The number of hydrogen-bond acceptors (Lipinski definition) is 7. The van der Waals surface area contributed by atoms with Crippen molar-refractivity contribution in [1.82, 2.24) is 4.90 Å². The normalized spacial score (nSPS) is 15.7. The smallest absolute Gasteiger partial charge is 0.152 e. The highest BCUT2D eigenvalue weighted by Gasteiger charge is 2.17. The Morgan fingerprint density at radius 3 is 2.16 bits per heavy atom. The van der Waals surface area contributed by atoms with Crippen LogP contribution in [0.2, 0.25) is 0 Å². The predicted octanol–water partition coefficient (Wildman–Crippen LogP) is 2.39. The molecule has 0 amide bonds. The van der Waals surface area contributed by atoms with Crippen molar-refractivity contribution in [1.29, 1.82) is 0 Å². The van der Waals surface area contributed by atoms with Gasteiger partial charge in [-0.15, -0.1) is 0 Å². The Balaban J connectivity index is 4.36. The van der Waals surface area contributed by atoms with Gasteiger partial charge >= 0.3 is 0 Å². The predicted molar refractivity (Wildman–Crippen MR) is 131 cm³/mol. The van der Waals surface area contributed by atoms with Crippen molar-refractivity contribution < 1.29 is 28.4 Å². The lowest BCUT2D eigenvalue weighted by atomic mass is 10.0. The number of aliphatic hydroxyl groups excluding tert-OH is 2. The molecule has 0 radical (unpaired) electrons. The Morgan fingerprint density at radius 2 is 1.56 bits per heavy atom. The van der Waals surface area contributed by atoms with E-state index in [-0.39, 0.29) is 12.4 Å². The lowest BCUT2D eigenvalue weighted by Gasteiger charge is -2.27. The van der Waals surface area contributed by atoms with Gasteiger partial charge in [-0.1, -0.05) is 46.0 Å². The minimum absolute atomic E-state index is 0.171. The van der Waals surface area contributed by atoms with E-state index < -0.39 is 23.3 Å². The maximum atomic E-state index is 10.6. The maximum Gasteiger partial charge on any atom is 0.152 e. The zero-order chi connectivity index (χ0) is 24.0. The van der Waals surface area contributed by atoms with Crippen molar-refractivity contribution >= 4 is 11.1 Å². The Bertz CT molecular complexity index is 433. The second-order valence-electron chi connectivity index (χ2n) is 8.68. The summed E-state index contributed by atoms with van der Waals surface area (Å²) in [6.07, 6.45) is 8.01. The molecule has 5 N–H and O–H groups in total. The number of rotatable bonds is 24. The molecule has 4 atom stereocenters. The first-order valence-corrected chi connectivity index (χ1v) is 13.7. The Hall–Kier alpha value is -0.130. The molecule has 0 aromatic rings. The summed E-state index contributed by atoms with van der Waals surface area (Å²) in [6.45, 7) is 8.22. The van der Waals surface area contributed by atoms with Crippen LogP contribution in [0.15, 0.2) is 0 Å². The number of aliphatic hydroxyl groups is 2. The lowest BCUT2D eigenvalue weighted by molar-refractivity contribution is -0.0162. The molecule has 0 fully saturated rings. The van der Waals surface area contributed by atoms with Crippen LogP contribution in [0, 0.1) is 5.92 Å². The van der Waals surface area contributed by atoms with Gasteiger partial charge in [-0.3, -0.25) is 4.90 Å². The molecule has 32 heavy (non-hydrogen) atoms. The zero-order valence-electron chi connectivity index (χ0n) is 20.5. The van der Waals surface area contributed by atoms with E-state index in [9.17, 15) is 14.4 Å². The fourth-order valence-electron chi connectivity index (χ4n) is 3.56. The largest absolute Gasteiger partial charge is 0.389 e. The molecule has 0 saturated carbocycles. The van der Waals surface area contributed by atoms with Crippen LogP contribution in [0.25, 0.3) is 0 Å². The highest BCUT2D eigenvalue weighted by molar-refractivity contribution is 7.79. The number of hydrogen-bond donors (Lipinski definition) is 4. The van der Waals surface area contributed by atoms with Gasteiger partial charge in [-0.2, -0.15) is 0 Å². The molecule has 0 bridgehead atoms. The third-order valence-electron chi connectivity index (χ3n) is 5.49. The quantitative estimate of drug-likeness (QED) is 0.122. The summed E-state index contributed by atoms with van der Waals surface area (Å²) >= 11 is -1.81. The second kappa shape index (κ2) is 22.7. The Kier molecular flexibility index (Phi) is 22.6. The third kappa shape index (κ3) is 20.5. The van der Waals surface area contributed by atoms with Gasteiger partial charge in [0, 0.05) is 26.3 Å². The molecule has 0 aliphatic rings. The minimum atomic E-state index is -1.81. The van der Waals surface area contributed by atoms with Crippen molar-refractivity contribution in [2.24, 2.45) is 11.7 Å². The summed E-state index contributed by atoms with van der Waals surface area (Å²) in [5.41, 5.74) is 5.56. The standard InChI is InChI=1S/C23H50N2O6S/c1-3-5-11-21(4-2)18-31-20-23(27)17-25(13-9-7-6-8-12-24)16-22(26)19-30-14-10-15-32(28)29/h21-23,26-27H,3-20,24H2,1-2H3,(H,28,29). The van der Waals surface area contributed by atoms with Crippen LogP contribution in [-0.4, -0.2) is 94.4 Å². The molecule has 4 unspecified atom stereocenters. The van der Waals surface area contributed by atoms with Crippen LogP contribution in [0.3, 0.4) is 0 Å². The van der Waals surface area contributed by atoms with E-state index in [4.69, 9.17) is 19.8 Å². The first kappa shape index (κ1) is 31.9. The first-order valence-electron chi connectivity index (χ1n) is 12.4. The van der Waals surface area contributed by atoms with Gasteiger partial charge in [-0.25, -0.2) is 4.21 Å². The van der Waals surface area contributed by atoms with Crippen molar-refractivity contribution in [3.63, 3.8) is 0 Å². The fraction of sp³-hybridized carbons (Fsp3) is 1.00. The van der Waals surface area contributed by atoms with Gasteiger partial charge in [0.15, 0.2) is 11.1 Å². The molecule has 0 aliphatic heterocycles. The van der Waals surface area contributed by atoms with Crippen LogP contribution in [0.4, 0.5) is 0 Å². The number of nitrogens with zero attached hydrogens (tertiary/aromatic N) is 1. The molecule has 0 heterocycles. The van der Waals surface area contributed by atoms with Gasteiger partial charge in [0.1, 0.15) is 0 Å². The molecular weight excluding hydrogens is 432 g/mol. The van der Waals surface area contributed by atoms with E-state index in [1.54, 1.807) is 0 Å². The highest BCUT2D eigenvalue weighted by atomic mass is 32.2. The molecule has 0 aromatic carbocycles. The Labute approximate surface area is 198 Å². The SMILES string of the molecule is CCCCC(CC)COCC(O)CN(CCCCCCN)CC(O)COCCCS(=O)O. The van der Waals surface area contributed by atoms with Crippen LogP contribution >= 0.6 is 0 Å². The molecule has 8 nitrogen and oxygen atoms in total. The summed E-state index contributed by atoms with van der Waals surface area (Å²) in [4.78, 5) is 2.07. The summed E-state index contributed by atoms with van der Waals surface area (Å²) < 4.78 is 30.6. The molecule has 9 heteroatoms. The highest BCUT2D eigenvalue weighted by Crippen LogP contribution is 2.13. The van der Waals surface area contributed by atoms with E-state index in [1.807, 2.05) is 0 Å². The number of nitrogens with two attached hydrogens (primary N) is 1. The van der Waals surface area contributed by atoms with E-state index in [0.717, 1.165) is 38.6 Å². The van der Waals surface area contributed by atoms with Gasteiger partial charge < -0.3 is 30.0 Å². The average Bonchev–Trinajstić information content (AvgIpc) is 2.75. The van der Waals surface area contributed by atoms with Crippen LogP contribution in [0.5, 0.6) is 0 Å². The average molecular weight is 483 g/mol. The zero-order valence-corrected chi connectivity index (χ0v) is 21.3. The van der Waals surface area contributed by atoms with Gasteiger partial charge in [0.2, 0.25) is 0 Å². The molecule has 0 rings (SSSR count). The van der Waals surface area contributed by atoms with Crippen molar-refractivity contribution in [3.05, 3.63) is 0 Å². The van der Waals surface area contributed by atoms with Gasteiger partial charge in [0.05, 0.1) is 31.2 Å². The van der Waals surface area contributed by atoms with Crippen LogP contribution in [0.1, 0.15) is 71.6 Å². The van der Waals surface area contributed by atoms with Crippen LogP contribution < -0.4 is 5.73 Å². The summed E-state index contributed by atoms with van der Waals surface area (Å²) in [5, 5.41) is 20.8. The van der Waals surface area contributed by atoms with E-state index in [2.05, 4.69) is 18.7 Å². The molecule has 0 saturated heterocycles. The fourth-order valence-corrected chi connectivity index (χ4v) is 3.93. The summed E-state index contributed by atoms with van der Waals surface area (Å²) in [7, 11) is 0. The topological polar surface area (TPSA) is 125 Å². The van der Waals surface area contributed by atoms with Gasteiger partial charge in [0.25, 0.3) is 0 Å². The number of ether oxygens (including phenoxy) is 2. The van der Waals surface area contributed by atoms with Crippen molar-refractivity contribution in [3.8, 4) is 0 Å². The second-order valence-corrected chi connectivity index (χ2v) is 9.73. The van der Waals surface area contributed by atoms with E-state index in [0.29, 0.717) is 51.8 Å². The lowest BCUT2D eigenvalue weighted by Crippen LogP contribution is -2.41. The Morgan fingerprint density at radius 1 is 0.906 bits per heavy atom. The summed E-state index contributed by atoms with van der Waals surface area (Å²) in [6, 6.07) is 0. The molecule has 0 aliphatic carbocycles.